The van der Waals surface area contributed by atoms with E-state index in [0.717, 1.165) is 49.1 Å². The van der Waals surface area contributed by atoms with E-state index in [-0.39, 0.29) is 23.0 Å². The van der Waals surface area contributed by atoms with Gasteiger partial charge in [0.2, 0.25) is 5.91 Å². The average molecular weight is 304 g/mol. The number of fused-ring (bicyclic) bond motifs is 1. The Bertz CT molecular complexity index is 653. The highest BCUT2D eigenvalue weighted by molar-refractivity contribution is 6.27. The highest BCUT2D eigenvalue weighted by atomic mass is 19.1. The number of benzene rings is 1. The normalized spacial score (nSPS) is 21.8. The van der Waals surface area contributed by atoms with Gasteiger partial charge in [-0.25, -0.2) is 14.1 Å². The number of ketones is 1. The molecule has 1 saturated carbocycles. The molecule has 116 valence electrons. The molecule has 1 heterocycles. The summed E-state index contributed by atoms with van der Waals surface area (Å²) in [5.41, 5.74) is 5.71. The highest BCUT2D eigenvalue weighted by Crippen LogP contribution is 2.41. The zero-order valence-corrected chi connectivity index (χ0v) is 12.0. The van der Waals surface area contributed by atoms with Crippen molar-refractivity contribution in [2.45, 2.75) is 38.0 Å². The average Bonchev–Trinajstić information content (AvgIpc) is 2.78. The van der Waals surface area contributed by atoms with Crippen LogP contribution in [0.3, 0.4) is 0 Å². The molecule has 1 fully saturated rings. The van der Waals surface area contributed by atoms with Crippen LogP contribution in [0.5, 0.6) is 0 Å². The van der Waals surface area contributed by atoms with Gasteiger partial charge in [-0.05, 0) is 36.6 Å². The smallest absolute Gasteiger partial charge is 0.326 e. The number of carbonyl (C=O) groups excluding carboxylic acids is 3. The van der Waals surface area contributed by atoms with E-state index >= 15 is 0 Å². The predicted molar refractivity (Wildman–Crippen MR) is 77.8 cm³/mol. The zero-order chi connectivity index (χ0) is 15.9. The van der Waals surface area contributed by atoms with E-state index in [9.17, 15) is 18.8 Å². The van der Waals surface area contributed by atoms with Crippen molar-refractivity contribution in [3.05, 3.63) is 29.6 Å². The number of Topliss-reactive ketones (excluding diaryl/α,β-unsaturated/α-hetero) is 1. The monoisotopic (exact) mass is 304 g/mol. The Kier molecular flexibility index (Phi) is 3.68. The Labute approximate surface area is 127 Å². The Morgan fingerprint density at radius 3 is 2.50 bits per heavy atom. The van der Waals surface area contributed by atoms with E-state index in [1.165, 1.54) is 6.07 Å². The largest absolute Gasteiger partial charge is 0.351 e. The first-order valence-electron chi connectivity index (χ1n) is 7.47. The number of primary amides is 1. The van der Waals surface area contributed by atoms with Gasteiger partial charge >= 0.3 is 6.03 Å². The third kappa shape index (κ3) is 2.28. The predicted octanol–water partition coefficient (Wildman–Crippen LogP) is 2.48. The summed E-state index contributed by atoms with van der Waals surface area (Å²) in [6.45, 7) is 0. The number of nitrogens with two attached hydrogens (primary N) is 1. The van der Waals surface area contributed by atoms with E-state index in [0.29, 0.717) is 0 Å². The number of urea groups is 1. The van der Waals surface area contributed by atoms with Gasteiger partial charge in [0.25, 0.3) is 0 Å². The fourth-order valence-corrected chi connectivity index (χ4v) is 3.47. The molecule has 5 nitrogen and oxygen atoms in total. The van der Waals surface area contributed by atoms with Gasteiger partial charge in [0.1, 0.15) is 11.7 Å². The molecule has 1 unspecified atom stereocenters. The molecule has 0 aromatic heterocycles. The SMILES string of the molecule is NC(=O)N1C(=O)C(C(=O)C2CCCCC2)c2cc(F)ccc21. The van der Waals surface area contributed by atoms with Crippen molar-refractivity contribution in [2.24, 2.45) is 11.7 Å². The quantitative estimate of drug-likeness (QED) is 0.852. The van der Waals surface area contributed by atoms with Crippen molar-refractivity contribution in [2.75, 3.05) is 4.90 Å². The first kappa shape index (κ1) is 14.7. The number of carbonyl (C=O) groups is 3. The number of halogens is 1. The van der Waals surface area contributed by atoms with Crippen LogP contribution in [-0.4, -0.2) is 17.7 Å². The van der Waals surface area contributed by atoms with Crippen LogP contribution < -0.4 is 10.6 Å². The lowest BCUT2D eigenvalue weighted by molar-refractivity contribution is -0.131. The summed E-state index contributed by atoms with van der Waals surface area (Å²) >= 11 is 0. The number of amides is 3. The van der Waals surface area contributed by atoms with Crippen LogP contribution >= 0.6 is 0 Å². The molecular formula is C16H17FN2O3. The molecule has 0 bridgehead atoms. The molecule has 1 aromatic carbocycles. The molecule has 22 heavy (non-hydrogen) atoms. The second-order valence-electron chi connectivity index (χ2n) is 5.89. The molecule has 3 rings (SSSR count). The Morgan fingerprint density at radius 1 is 1.18 bits per heavy atom. The van der Waals surface area contributed by atoms with Crippen LogP contribution in [-0.2, 0) is 9.59 Å². The maximum absolute atomic E-state index is 13.5. The summed E-state index contributed by atoms with van der Waals surface area (Å²) in [7, 11) is 0. The molecule has 1 aliphatic carbocycles. The fraction of sp³-hybridized carbons (Fsp3) is 0.438. The van der Waals surface area contributed by atoms with Crippen LogP contribution in [0.25, 0.3) is 0 Å². The third-order valence-corrected chi connectivity index (χ3v) is 4.52. The van der Waals surface area contributed by atoms with Gasteiger partial charge in [0.05, 0.1) is 5.69 Å². The van der Waals surface area contributed by atoms with Gasteiger partial charge in [-0.15, -0.1) is 0 Å². The number of imide groups is 1. The number of hydrogen-bond donors (Lipinski definition) is 1. The molecule has 1 atom stereocenters. The lowest BCUT2D eigenvalue weighted by Gasteiger charge is -2.22. The Hall–Kier alpha value is -2.24. The van der Waals surface area contributed by atoms with Crippen molar-refractivity contribution in [3.63, 3.8) is 0 Å². The molecule has 1 aromatic rings. The van der Waals surface area contributed by atoms with Gasteiger partial charge in [-0.1, -0.05) is 19.3 Å². The van der Waals surface area contributed by atoms with Crippen LogP contribution in [0, 0.1) is 11.7 Å². The Morgan fingerprint density at radius 2 is 1.86 bits per heavy atom. The fourth-order valence-electron chi connectivity index (χ4n) is 3.47. The van der Waals surface area contributed by atoms with E-state index < -0.39 is 23.7 Å². The van der Waals surface area contributed by atoms with Gasteiger partial charge in [0, 0.05) is 5.92 Å². The van der Waals surface area contributed by atoms with Crippen molar-refractivity contribution < 1.29 is 18.8 Å². The summed E-state index contributed by atoms with van der Waals surface area (Å²) in [6, 6.07) is 2.68. The van der Waals surface area contributed by atoms with Crippen LogP contribution in [0.4, 0.5) is 14.9 Å². The second kappa shape index (κ2) is 5.51. The van der Waals surface area contributed by atoms with Gasteiger partial charge in [0.15, 0.2) is 5.78 Å². The summed E-state index contributed by atoms with van der Waals surface area (Å²) in [5, 5.41) is 0. The van der Waals surface area contributed by atoms with Crippen molar-refractivity contribution in [1.82, 2.24) is 0 Å². The minimum absolute atomic E-state index is 0.202. The number of anilines is 1. The van der Waals surface area contributed by atoms with E-state index in [2.05, 4.69) is 0 Å². The van der Waals surface area contributed by atoms with Gasteiger partial charge < -0.3 is 5.73 Å². The highest BCUT2D eigenvalue weighted by Gasteiger charge is 2.46. The minimum Gasteiger partial charge on any atom is -0.351 e. The number of nitrogens with zero attached hydrogens (tertiary/aromatic N) is 1. The zero-order valence-electron chi connectivity index (χ0n) is 12.0. The van der Waals surface area contributed by atoms with E-state index in [1.807, 2.05) is 0 Å². The molecule has 0 saturated heterocycles. The molecular weight excluding hydrogens is 287 g/mol. The molecule has 0 radical (unpaired) electrons. The maximum atomic E-state index is 13.5. The lowest BCUT2D eigenvalue weighted by Crippen LogP contribution is -2.41. The summed E-state index contributed by atoms with van der Waals surface area (Å²) in [5.74, 6) is -2.74. The van der Waals surface area contributed by atoms with E-state index in [1.54, 1.807) is 0 Å². The molecule has 3 amide bonds. The first-order chi connectivity index (χ1) is 10.5. The third-order valence-electron chi connectivity index (χ3n) is 4.52. The first-order valence-corrected chi connectivity index (χ1v) is 7.47. The lowest BCUT2D eigenvalue weighted by atomic mass is 9.80. The van der Waals surface area contributed by atoms with Crippen LogP contribution in [0.15, 0.2) is 18.2 Å². The van der Waals surface area contributed by atoms with Crippen molar-refractivity contribution >= 4 is 23.4 Å². The second-order valence-corrected chi connectivity index (χ2v) is 5.89. The molecule has 0 spiro atoms. The summed E-state index contributed by atoms with van der Waals surface area (Å²) in [4.78, 5) is 37.5. The minimum atomic E-state index is -1.11. The molecule has 2 aliphatic rings. The molecule has 2 N–H and O–H groups in total. The summed E-state index contributed by atoms with van der Waals surface area (Å²) < 4.78 is 13.5. The summed E-state index contributed by atoms with van der Waals surface area (Å²) in [6.07, 6.45) is 4.47. The van der Waals surface area contributed by atoms with Crippen molar-refractivity contribution in [1.29, 1.82) is 0 Å². The maximum Gasteiger partial charge on any atom is 0.326 e. The van der Waals surface area contributed by atoms with Crippen LogP contribution in [0.2, 0.25) is 0 Å². The molecule has 6 heteroatoms. The topological polar surface area (TPSA) is 80.5 Å². The van der Waals surface area contributed by atoms with E-state index in [4.69, 9.17) is 5.73 Å². The Balaban J connectivity index is 2.01. The molecule has 1 aliphatic heterocycles. The number of rotatable bonds is 2. The standard InChI is InChI=1S/C16H17FN2O3/c17-10-6-7-12-11(8-10)13(15(21)19(12)16(18)22)14(20)9-4-2-1-3-5-9/h6-9,13H,1-5H2,(H2,18,22). The number of hydrogen-bond acceptors (Lipinski definition) is 3. The van der Waals surface area contributed by atoms with Crippen molar-refractivity contribution in [3.8, 4) is 0 Å². The van der Waals surface area contributed by atoms with Crippen LogP contribution in [0.1, 0.15) is 43.6 Å². The van der Waals surface area contributed by atoms with Gasteiger partial charge in [-0.3, -0.25) is 9.59 Å². The van der Waals surface area contributed by atoms with Gasteiger partial charge in [-0.2, -0.15) is 0 Å².